The van der Waals surface area contributed by atoms with Gasteiger partial charge in [-0.1, -0.05) is 6.07 Å². The van der Waals surface area contributed by atoms with Crippen LogP contribution in [0, 0.1) is 16.7 Å². The van der Waals surface area contributed by atoms with Gasteiger partial charge in [0.05, 0.1) is 6.07 Å². The van der Waals surface area contributed by atoms with E-state index in [0.717, 1.165) is 0 Å². The van der Waals surface area contributed by atoms with E-state index in [1.807, 2.05) is 11.4 Å². The third-order valence-electron chi connectivity index (χ3n) is 5.22. The zero-order chi connectivity index (χ0) is 17.9. The lowest BCUT2D eigenvalue weighted by molar-refractivity contribution is -0.142. The summed E-state index contributed by atoms with van der Waals surface area (Å²) in [4.78, 5) is 17.8. The molecule has 0 aliphatic carbocycles. The summed E-state index contributed by atoms with van der Waals surface area (Å²) in [6.07, 6.45) is 0.441. The molecule has 1 amide bonds. The van der Waals surface area contributed by atoms with E-state index in [1.165, 1.54) is 4.88 Å². The third-order valence-corrected chi connectivity index (χ3v) is 6.08. The molecule has 25 heavy (non-hydrogen) atoms. The van der Waals surface area contributed by atoms with E-state index in [1.54, 1.807) is 23.3 Å². The molecule has 2 fully saturated rings. The average Bonchev–Trinajstić information content (AvgIpc) is 3.25. The molecule has 2 aliphatic rings. The Morgan fingerprint density at radius 1 is 1.56 bits per heavy atom. The lowest BCUT2D eigenvalue weighted by Gasteiger charge is -2.35. The second-order valence-corrected chi connectivity index (χ2v) is 8.02. The zero-order valence-corrected chi connectivity index (χ0v) is 15.3. The van der Waals surface area contributed by atoms with Gasteiger partial charge in [-0.05, 0) is 30.7 Å². The minimum Gasteiger partial charge on any atom is -0.381 e. The summed E-state index contributed by atoms with van der Waals surface area (Å²) >= 11 is 1.66. The highest BCUT2D eigenvalue weighted by Crippen LogP contribution is 2.32. The number of likely N-dealkylation sites (tertiary alicyclic amines) is 1. The number of carbonyl (C=O) groups is 1. The molecular formula is C18H24FN3O2S. The molecule has 2 aliphatic heterocycles. The number of likely N-dealkylation sites (N-methyl/N-ethyl adjacent to an activating group) is 1. The van der Waals surface area contributed by atoms with Gasteiger partial charge in [-0.3, -0.25) is 9.69 Å². The number of nitriles is 1. The molecule has 0 unspecified atom stereocenters. The monoisotopic (exact) mass is 365 g/mol. The van der Waals surface area contributed by atoms with Gasteiger partial charge in [0.25, 0.3) is 0 Å². The fraction of sp³-hybridized carbons (Fsp3) is 0.667. The molecule has 1 aromatic heterocycles. The first-order chi connectivity index (χ1) is 12.0. The first kappa shape index (κ1) is 18.3. The molecular weight excluding hydrogens is 341 g/mol. The van der Waals surface area contributed by atoms with E-state index in [4.69, 9.17) is 4.74 Å². The van der Waals surface area contributed by atoms with Crippen LogP contribution in [0.25, 0.3) is 0 Å². The summed E-state index contributed by atoms with van der Waals surface area (Å²) in [5.41, 5.74) is -0.987. The second-order valence-electron chi connectivity index (χ2n) is 6.99. The van der Waals surface area contributed by atoms with Gasteiger partial charge >= 0.3 is 0 Å². The predicted octanol–water partition coefficient (Wildman–Crippen LogP) is 2.44. The quantitative estimate of drug-likeness (QED) is 0.804. The number of ether oxygens (including phenoxy) is 1. The van der Waals surface area contributed by atoms with Crippen molar-refractivity contribution in [1.82, 2.24) is 9.80 Å². The SMILES string of the molecule is CN(C[C@@H]1C[C@H](F)CN1Cc1cccs1)C(=O)C1(C#N)CCOCC1. The Bertz CT molecular complexity index is 625. The Balaban J connectivity index is 1.65. The lowest BCUT2D eigenvalue weighted by atomic mass is 9.80. The largest absolute Gasteiger partial charge is 0.381 e. The summed E-state index contributed by atoms with van der Waals surface area (Å²) in [5, 5.41) is 11.6. The molecule has 3 heterocycles. The van der Waals surface area contributed by atoms with Crippen molar-refractivity contribution in [2.75, 3.05) is 33.4 Å². The topological polar surface area (TPSA) is 56.6 Å². The maximum atomic E-state index is 14.0. The van der Waals surface area contributed by atoms with E-state index in [-0.39, 0.29) is 11.9 Å². The molecule has 0 spiro atoms. The van der Waals surface area contributed by atoms with Crippen molar-refractivity contribution < 1.29 is 13.9 Å². The highest BCUT2D eigenvalue weighted by atomic mass is 32.1. The highest BCUT2D eigenvalue weighted by Gasteiger charge is 2.43. The molecule has 0 radical (unpaired) electrons. The maximum absolute atomic E-state index is 14.0. The average molecular weight is 365 g/mol. The number of rotatable bonds is 5. The van der Waals surface area contributed by atoms with Crippen molar-refractivity contribution in [3.05, 3.63) is 22.4 Å². The molecule has 0 N–H and O–H groups in total. The van der Waals surface area contributed by atoms with E-state index in [9.17, 15) is 14.4 Å². The van der Waals surface area contributed by atoms with Gasteiger partial charge in [-0.15, -0.1) is 11.3 Å². The smallest absolute Gasteiger partial charge is 0.243 e. The number of alkyl halides is 1. The number of halogens is 1. The maximum Gasteiger partial charge on any atom is 0.243 e. The van der Waals surface area contributed by atoms with E-state index >= 15 is 0 Å². The number of hydrogen-bond donors (Lipinski definition) is 0. The molecule has 2 atom stereocenters. The van der Waals surface area contributed by atoms with Crippen LogP contribution in [0.1, 0.15) is 24.1 Å². The summed E-state index contributed by atoms with van der Waals surface area (Å²) in [6.45, 7) is 2.44. The van der Waals surface area contributed by atoms with Gasteiger partial charge in [0, 0.05) is 50.8 Å². The van der Waals surface area contributed by atoms with Crippen molar-refractivity contribution >= 4 is 17.2 Å². The van der Waals surface area contributed by atoms with Crippen LogP contribution in [0.15, 0.2) is 17.5 Å². The van der Waals surface area contributed by atoms with Crippen LogP contribution in [0.5, 0.6) is 0 Å². The van der Waals surface area contributed by atoms with Gasteiger partial charge in [-0.25, -0.2) is 4.39 Å². The summed E-state index contributed by atoms with van der Waals surface area (Å²) in [6, 6.07) is 6.26. The van der Waals surface area contributed by atoms with Crippen molar-refractivity contribution in [1.29, 1.82) is 5.26 Å². The minimum atomic E-state index is -0.987. The van der Waals surface area contributed by atoms with Gasteiger partial charge in [0.1, 0.15) is 11.6 Å². The van der Waals surface area contributed by atoms with Crippen LogP contribution in [0.3, 0.4) is 0 Å². The van der Waals surface area contributed by atoms with E-state index in [2.05, 4.69) is 17.0 Å². The Morgan fingerprint density at radius 3 is 2.96 bits per heavy atom. The molecule has 7 heteroatoms. The first-order valence-corrected chi connectivity index (χ1v) is 9.57. The van der Waals surface area contributed by atoms with Crippen LogP contribution >= 0.6 is 11.3 Å². The van der Waals surface area contributed by atoms with Crippen molar-refractivity contribution in [2.24, 2.45) is 5.41 Å². The van der Waals surface area contributed by atoms with Crippen LogP contribution in [0.2, 0.25) is 0 Å². The summed E-state index contributed by atoms with van der Waals surface area (Å²) in [5.74, 6) is -0.156. The van der Waals surface area contributed by atoms with Gasteiger partial charge < -0.3 is 9.64 Å². The van der Waals surface area contributed by atoms with Crippen LogP contribution in [-0.2, 0) is 16.1 Å². The van der Waals surface area contributed by atoms with Crippen molar-refractivity contribution in [3.63, 3.8) is 0 Å². The van der Waals surface area contributed by atoms with Gasteiger partial charge in [0.2, 0.25) is 5.91 Å². The molecule has 0 saturated carbocycles. The molecule has 0 aromatic carbocycles. The Kier molecular flexibility index (Phi) is 5.72. The predicted molar refractivity (Wildman–Crippen MR) is 93.8 cm³/mol. The number of nitrogens with zero attached hydrogens (tertiary/aromatic N) is 3. The molecule has 1 aromatic rings. The van der Waals surface area contributed by atoms with E-state index < -0.39 is 11.6 Å². The first-order valence-electron chi connectivity index (χ1n) is 8.69. The Morgan fingerprint density at radius 2 is 2.32 bits per heavy atom. The van der Waals surface area contributed by atoms with Crippen molar-refractivity contribution in [3.8, 4) is 6.07 Å². The summed E-state index contributed by atoms with van der Waals surface area (Å²) in [7, 11) is 1.73. The molecule has 2 saturated heterocycles. The van der Waals surface area contributed by atoms with Gasteiger partial charge in [0.15, 0.2) is 0 Å². The molecule has 0 bridgehead atoms. The number of carbonyl (C=O) groups excluding carboxylic acids is 1. The molecule has 3 rings (SSSR count). The van der Waals surface area contributed by atoms with Crippen LogP contribution < -0.4 is 0 Å². The lowest BCUT2D eigenvalue weighted by Crippen LogP contribution is -2.48. The Hall–Kier alpha value is -1.49. The second kappa shape index (κ2) is 7.81. The standard InChI is InChI=1S/C18H24FN3O2S/c1-21(17(23)18(13-20)4-6-24-7-5-18)11-15-9-14(19)10-22(15)12-16-3-2-8-25-16/h2-3,8,14-15H,4-7,9-12H2,1H3/t14-,15-/m0/s1. The van der Waals surface area contributed by atoms with Crippen molar-refractivity contribution in [2.45, 2.75) is 38.0 Å². The highest BCUT2D eigenvalue weighted by molar-refractivity contribution is 7.09. The van der Waals surface area contributed by atoms with Crippen LogP contribution in [0.4, 0.5) is 4.39 Å². The number of thiophene rings is 1. The summed E-state index contributed by atoms with van der Waals surface area (Å²) < 4.78 is 19.3. The zero-order valence-electron chi connectivity index (χ0n) is 14.5. The fourth-order valence-electron chi connectivity index (χ4n) is 3.77. The van der Waals surface area contributed by atoms with Crippen LogP contribution in [-0.4, -0.2) is 61.3 Å². The Labute approximate surface area is 152 Å². The van der Waals surface area contributed by atoms with E-state index in [0.29, 0.717) is 52.1 Å². The minimum absolute atomic E-state index is 0.0124. The number of amides is 1. The van der Waals surface area contributed by atoms with Gasteiger partial charge in [-0.2, -0.15) is 5.26 Å². The number of hydrogen-bond acceptors (Lipinski definition) is 5. The third kappa shape index (κ3) is 4.02. The molecule has 136 valence electrons. The molecule has 5 nitrogen and oxygen atoms in total. The normalized spacial score (nSPS) is 26.3. The fourth-order valence-corrected chi connectivity index (χ4v) is 4.50.